The molecule has 1 atom stereocenters. The second-order valence-electron chi connectivity index (χ2n) is 4.92. The maximum Gasteiger partial charge on any atom is 0.425 e. The molecule has 1 aromatic carbocycles. The summed E-state index contributed by atoms with van der Waals surface area (Å²) in [6.45, 7) is 1.56. The molecule has 22 heavy (non-hydrogen) atoms. The average molecular weight is 314 g/mol. The first-order valence-corrected chi connectivity index (χ1v) is 6.57. The topological polar surface area (TPSA) is 56.8 Å². The number of halogens is 3. The van der Waals surface area contributed by atoms with Crippen molar-refractivity contribution in [2.24, 2.45) is 10.7 Å². The van der Waals surface area contributed by atoms with E-state index < -0.39 is 11.8 Å². The first-order valence-electron chi connectivity index (χ1n) is 6.57. The lowest BCUT2D eigenvalue weighted by Crippen LogP contribution is -2.41. The quantitative estimate of drug-likeness (QED) is 0.530. The zero-order valence-corrected chi connectivity index (χ0v) is 12.5. The molecule has 0 aliphatic carbocycles. The van der Waals surface area contributed by atoms with E-state index in [9.17, 15) is 13.2 Å². The lowest BCUT2D eigenvalue weighted by atomic mass is 9.89. The van der Waals surface area contributed by atoms with Crippen LogP contribution in [0.4, 0.5) is 13.2 Å². The summed E-state index contributed by atoms with van der Waals surface area (Å²) in [6.07, 6.45) is -2.25. The normalized spacial score (nSPS) is 22.2. The zero-order valence-electron chi connectivity index (χ0n) is 12.5. The largest absolute Gasteiger partial charge is 0.496 e. The van der Waals surface area contributed by atoms with Crippen molar-refractivity contribution in [2.75, 3.05) is 20.8 Å². The van der Waals surface area contributed by atoms with Gasteiger partial charge in [0, 0.05) is 18.2 Å². The van der Waals surface area contributed by atoms with Gasteiger partial charge in [0.05, 0.1) is 13.7 Å². The van der Waals surface area contributed by atoms with Gasteiger partial charge in [0.1, 0.15) is 11.6 Å². The third-order valence-electron chi connectivity index (χ3n) is 3.64. The second-order valence-corrected chi connectivity index (χ2v) is 4.92. The third-order valence-corrected chi connectivity index (χ3v) is 3.64. The van der Waals surface area contributed by atoms with Gasteiger partial charge in [-0.1, -0.05) is 6.08 Å². The van der Waals surface area contributed by atoms with Crippen LogP contribution in [0.2, 0.25) is 0 Å². The van der Waals surface area contributed by atoms with Crippen LogP contribution in [-0.2, 0) is 10.3 Å². The molecule has 0 radical (unpaired) electrons. The Kier molecular flexibility index (Phi) is 4.19. The summed E-state index contributed by atoms with van der Waals surface area (Å²) in [5.74, 6) is 0.280. The Bertz CT molecular complexity index is 638. The molecule has 2 N–H and O–H groups in total. The highest BCUT2D eigenvalue weighted by Crippen LogP contribution is 2.49. The molecular weight excluding hydrogens is 297 g/mol. The highest BCUT2D eigenvalue weighted by molar-refractivity contribution is 5.99. The van der Waals surface area contributed by atoms with E-state index in [0.717, 1.165) is 6.08 Å². The van der Waals surface area contributed by atoms with Crippen LogP contribution in [0, 0.1) is 6.92 Å². The highest BCUT2D eigenvalue weighted by atomic mass is 19.4. The monoisotopic (exact) mass is 314 g/mol. The number of ether oxygens (including phenoxy) is 2. The van der Waals surface area contributed by atoms with E-state index in [1.807, 2.05) is 0 Å². The summed E-state index contributed by atoms with van der Waals surface area (Å²) in [7, 11) is 2.81. The molecule has 0 fully saturated rings. The van der Waals surface area contributed by atoms with Crippen molar-refractivity contribution >= 4 is 5.84 Å². The molecule has 0 saturated heterocycles. The van der Waals surface area contributed by atoms with Crippen molar-refractivity contribution in [1.82, 2.24) is 0 Å². The minimum Gasteiger partial charge on any atom is -0.496 e. The van der Waals surface area contributed by atoms with E-state index >= 15 is 0 Å². The Morgan fingerprint density at radius 1 is 1.41 bits per heavy atom. The first kappa shape index (κ1) is 16.4. The van der Waals surface area contributed by atoms with Crippen LogP contribution in [0.3, 0.4) is 0 Å². The number of amidine groups is 1. The molecule has 2 rings (SSSR count). The van der Waals surface area contributed by atoms with Crippen molar-refractivity contribution in [2.45, 2.75) is 18.7 Å². The fraction of sp³-hybridized carbons (Fsp3) is 0.400. The highest BCUT2D eigenvalue weighted by Gasteiger charge is 2.58. The second kappa shape index (κ2) is 5.64. The van der Waals surface area contributed by atoms with Gasteiger partial charge in [0.25, 0.3) is 0 Å². The van der Waals surface area contributed by atoms with E-state index in [2.05, 4.69) is 4.99 Å². The minimum absolute atomic E-state index is 0.0519. The van der Waals surface area contributed by atoms with Crippen molar-refractivity contribution in [3.8, 4) is 5.75 Å². The van der Waals surface area contributed by atoms with E-state index in [0.29, 0.717) is 11.1 Å². The molecule has 4 nitrogen and oxygen atoms in total. The summed E-state index contributed by atoms with van der Waals surface area (Å²) < 4.78 is 51.0. The molecule has 0 amide bonds. The van der Waals surface area contributed by atoms with Gasteiger partial charge >= 0.3 is 6.18 Å². The predicted molar refractivity (Wildman–Crippen MR) is 77.2 cm³/mol. The lowest BCUT2D eigenvalue weighted by Gasteiger charge is -2.32. The molecule has 1 aliphatic heterocycles. The number of alkyl halides is 3. The first-order chi connectivity index (χ1) is 10.3. The van der Waals surface area contributed by atoms with Crippen molar-refractivity contribution in [3.63, 3.8) is 0 Å². The fourth-order valence-electron chi connectivity index (χ4n) is 2.48. The van der Waals surface area contributed by atoms with Crippen LogP contribution in [0.25, 0.3) is 0 Å². The molecule has 0 spiro atoms. The number of nitrogens with zero attached hydrogens (tertiary/aromatic N) is 1. The maximum absolute atomic E-state index is 13.6. The van der Waals surface area contributed by atoms with Crippen LogP contribution in [0.5, 0.6) is 5.75 Å². The van der Waals surface area contributed by atoms with Gasteiger partial charge in [-0.15, -0.1) is 0 Å². The van der Waals surface area contributed by atoms with Gasteiger partial charge in [-0.05, 0) is 30.7 Å². The van der Waals surface area contributed by atoms with Crippen LogP contribution < -0.4 is 10.5 Å². The SMILES string of the molecule is CN=C(N)c1cc(OC)c(C2(C(F)(F)F)C=CCO2)cc1C. The molecular formula is C15H17F3N2O2. The summed E-state index contributed by atoms with van der Waals surface area (Å²) in [5, 5.41) is 0. The molecule has 0 saturated carbocycles. The number of hydrogen-bond acceptors (Lipinski definition) is 3. The average Bonchev–Trinajstić information content (AvgIpc) is 2.96. The number of rotatable bonds is 3. The minimum atomic E-state index is -4.61. The summed E-state index contributed by atoms with van der Waals surface area (Å²) in [5.41, 5.74) is 4.26. The van der Waals surface area contributed by atoms with Crippen LogP contribution in [0.15, 0.2) is 29.3 Å². The van der Waals surface area contributed by atoms with Crippen molar-refractivity contribution in [3.05, 3.63) is 41.0 Å². The Labute approximate surface area is 126 Å². The van der Waals surface area contributed by atoms with E-state index in [1.165, 1.54) is 32.4 Å². The summed E-state index contributed by atoms with van der Waals surface area (Å²) in [6, 6.07) is 2.84. The van der Waals surface area contributed by atoms with Crippen LogP contribution in [-0.4, -0.2) is 32.8 Å². The Balaban J connectivity index is 2.70. The molecule has 120 valence electrons. The summed E-state index contributed by atoms with van der Waals surface area (Å²) >= 11 is 0. The van der Waals surface area contributed by atoms with Crippen molar-refractivity contribution in [1.29, 1.82) is 0 Å². The zero-order chi connectivity index (χ0) is 16.5. The molecule has 0 bridgehead atoms. The van der Waals surface area contributed by atoms with Gasteiger partial charge in [-0.3, -0.25) is 4.99 Å². The van der Waals surface area contributed by atoms with E-state index in [1.54, 1.807) is 6.92 Å². The number of methoxy groups -OCH3 is 1. The Morgan fingerprint density at radius 3 is 2.55 bits per heavy atom. The Morgan fingerprint density at radius 2 is 2.09 bits per heavy atom. The molecule has 1 aliphatic rings. The van der Waals surface area contributed by atoms with E-state index in [4.69, 9.17) is 15.2 Å². The van der Waals surface area contributed by atoms with Crippen LogP contribution >= 0.6 is 0 Å². The summed E-state index contributed by atoms with van der Waals surface area (Å²) in [4.78, 5) is 3.86. The Hall–Kier alpha value is -2.02. The molecule has 1 heterocycles. The number of nitrogens with two attached hydrogens (primary N) is 1. The van der Waals surface area contributed by atoms with E-state index in [-0.39, 0.29) is 23.8 Å². The third kappa shape index (κ3) is 2.45. The lowest BCUT2D eigenvalue weighted by molar-refractivity contribution is -0.255. The smallest absolute Gasteiger partial charge is 0.425 e. The van der Waals surface area contributed by atoms with Crippen molar-refractivity contribution < 1.29 is 22.6 Å². The van der Waals surface area contributed by atoms with Gasteiger partial charge in [0.2, 0.25) is 5.60 Å². The predicted octanol–water partition coefficient (Wildman–Crippen LogP) is 2.68. The molecule has 1 unspecified atom stereocenters. The maximum atomic E-state index is 13.6. The number of benzene rings is 1. The van der Waals surface area contributed by atoms with Gasteiger partial charge in [-0.25, -0.2) is 0 Å². The number of aliphatic imine (C=N–C) groups is 1. The molecule has 7 heteroatoms. The number of hydrogen-bond donors (Lipinski definition) is 1. The fourth-order valence-corrected chi connectivity index (χ4v) is 2.48. The molecule has 1 aromatic rings. The van der Waals surface area contributed by atoms with Gasteiger partial charge in [0.15, 0.2) is 0 Å². The van der Waals surface area contributed by atoms with Gasteiger partial charge in [-0.2, -0.15) is 13.2 Å². The standard InChI is InChI=1S/C15H17F3N2O2/c1-9-7-11(12(21-3)8-10(9)13(19)20-2)14(15(16,17)18)5-4-6-22-14/h4-5,7-8H,6H2,1-3H3,(H2,19,20). The van der Waals surface area contributed by atoms with Gasteiger partial charge < -0.3 is 15.2 Å². The molecule has 0 aromatic heterocycles. The number of aryl methyl sites for hydroxylation is 1. The van der Waals surface area contributed by atoms with Crippen LogP contribution in [0.1, 0.15) is 16.7 Å².